The number of nitrogens with zero attached hydrogens (tertiary/aromatic N) is 1. The molecule has 0 saturated carbocycles. The smallest absolute Gasteiger partial charge is 0.255 e. The molecule has 3 aromatic rings. The van der Waals surface area contributed by atoms with Crippen molar-refractivity contribution in [3.05, 3.63) is 71.8 Å². The van der Waals surface area contributed by atoms with Crippen LogP contribution in [0.4, 0.5) is 11.4 Å². The molecule has 0 aromatic heterocycles. The Labute approximate surface area is 165 Å². The molecule has 2 amide bonds. The van der Waals surface area contributed by atoms with Gasteiger partial charge in [0.15, 0.2) is 0 Å². The second-order valence-electron chi connectivity index (χ2n) is 7.76. The van der Waals surface area contributed by atoms with Crippen molar-refractivity contribution in [2.45, 2.75) is 26.7 Å². The number of fused-ring (bicyclic) bond motifs is 2. The van der Waals surface area contributed by atoms with Crippen molar-refractivity contribution >= 4 is 34.0 Å². The first kappa shape index (κ1) is 18.2. The maximum absolute atomic E-state index is 12.7. The van der Waals surface area contributed by atoms with Gasteiger partial charge in [0, 0.05) is 29.9 Å². The zero-order valence-electron chi connectivity index (χ0n) is 16.2. The number of nitrogens with one attached hydrogen (secondary N) is 1. The van der Waals surface area contributed by atoms with Crippen LogP contribution >= 0.6 is 0 Å². The third-order valence-corrected chi connectivity index (χ3v) is 5.10. The molecule has 142 valence electrons. The molecule has 28 heavy (non-hydrogen) atoms. The van der Waals surface area contributed by atoms with Gasteiger partial charge < -0.3 is 10.2 Å². The molecular weight excluding hydrogens is 348 g/mol. The molecule has 0 spiro atoms. The fourth-order valence-corrected chi connectivity index (χ4v) is 3.74. The number of hydrogen-bond acceptors (Lipinski definition) is 2. The Morgan fingerprint density at radius 1 is 1.00 bits per heavy atom. The molecule has 0 atom stereocenters. The predicted octanol–water partition coefficient (Wildman–Crippen LogP) is 5.03. The summed E-state index contributed by atoms with van der Waals surface area (Å²) < 4.78 is 0. The van der Waals surface area contributed by atoms with E-state index in [-0.39, 0.29) is 11.8 Å². The van der Waals surface area contributed by atoms with Crippen LogP contribution in [0.1, 0.15) is 36.2 Å². The monoisotopic (exact) mass is 372 g/mol. The normalized spacial score (nSPS) is 13.7. The Hall–Kier alpha value is -3.14. The van der Waals surface area contributed by atoms with Crippen molar-refractivity contribution in [3.63, 3.8) is 0 Å². The number of anilines is 2. The number of hydrogen-bond donors (Lipinski definition) is 1. The molecule has 4 rings (SSSR count). The number of benzene rings is 3. The van der Waals surface area contributed by atoms with Crippen LogP contribution in [0.5, 0.6) is 0 Å². The average Bonchev–Trinajstić information content (AvgIpc) is 2.69. The molecule has 4 heteroatoms. The number of rotatable bonds is 4. The molecule has 1 aliphatic rings. The summed E-state index contributed by atoms with van der Waals surface area (Å²) in [5.41, 5.74) is 3.47. The second-order valence-corrected chi connectivity index (χ2v) is 7.76. The number of amides is 2. The minimum atomic E-state index is -0.128. The second kappa shape index (κ2) is 7.47. The third kappa shape index (κ3) is 3.63. The third-order valence-electron chi connectivity index (χ3n) is 5.10. The number of aryl methyl sites for hydroxylation is 1. The van der Waals surface area contributed by atoms with Crippen molar-refractivity contribution in [2.24, 2.45) is 5.92 Å². The summed E-state index contributed by atoms with van der Waals surface area (Å²) in [6.07, 6.45) is 1.23. The van der Waals surface area contributed by atoms with E-state index in [1.807, 2.05) is 65.6 Å². The molecule has 0 radical (unpaired) electrons. The molecule has 0 bridgehead atoms. The highest BCUT2D eigenvalue weighted by atomic mass is 16.2. The Bertz CT molecular complexity index is 1060. The van der Waals surface area contributed by atoms with Crippen LogP contribution in [0.25, 0.3) is 10.8 Å². The van der Waals surface area contributed by atoms with E-state index in [0.717, 1.165) is 27.7 Å². The van der Waals surface area contributed by atoms with E-state index in [4.69, 9.17) is 0 Å². The lowest BCUT2D eigenvalue weighted by molar-refractivity contribution is -0.119. The average molecular weight is 372 g/mol. The highest BCUT2D eigenvalue weighted by molar-refractivity contribution is 6.06. The molecule has 0 saturated heterocycles. The van der Waals surface area contributed by atoms with Crippen LogP contribution < -0.4 is 10.2 Å². The van der Waals surface area contributed by atoms with Gasteiger partial charge in [-0.2, -0.15) is 0 Å². The van der Waals surface area contributed by atoms with Gasteiger partial charge in [0.25, 0.3) is 5.91 Å². The summed E-state index contributed by atoms with van der Waals surface area (Å²) in [7, 11) is 0. The molecule has 0 fully saturated rings. The van der Waals surface area contributed by atoms with E-state index in [2.05, 4.69) is 19.2 Å². The van der Waals surface area contributed by atoms with Gasteiger partial charge in [0.2, 0.25) is 5.91 Å². The highest BCUT2D eigenvalue weighted by Crippen LogP contribution is 2.31. The summed E-state index contributed by atoms with van der Waals surface area (Å²) in [4.78, 5) is 26.9. The highest BCUT2D eigenvalue weighted by Gasteiger charge is 2.25. The largest absolute Gasteiger partial charge is 0.322 e. The van der Waals surface area contributed by atoms with Gasteiger partial charge in [-0.15, -0.1) is 0 Å². The molecule has 3 aromatic carbocycles. The van der Waals surface area contributed by atoms with Crippen LogP contribution in [0, 0.1) is 5.92 Å². The molecule has 1 heterocycles. The van der Waals surface area contributed by atoms with Gasteiger partial charge >= 0.3 is 0 Å². The van der Waals surface area contributed by atoms with E-state index >= 15 is 0 Å². The minimum absolute atomic E-state index is 0.128. The SMILES string of the molecule is CC(C)CN1C(=O)CCc2cc(NC(=O)c3ccc4ccccc4c3)ccc21. The zero-order chi connectivity index (χ0) is 19.7. The first-order valence-electron chi connectivity index (χ1n) is 9.75. The summed E-state index contributed by atoms with van der Waals surface area (Å²) in [6.45, 7) is 4.94. The minimum Gasteiger partial charge on any atom is -0.322 e. The fraction of sp³-hybridized carbons (Fsp3) is 0.250. The quantitative estimate of drug-likeness (QED) is 0.698. The van der Waals surface area contributed by atoms with Crippen LogP contribution in [-0.4, -0.2) is 18.4 Å². The molecule has 1 aliphatic heterocycles. The molecule has 4 nitrogen and oxygen atoms in total. The van der Waals surface area contributed by atoms with E-state index < -0.39 is 0 Å². The van der Waals surface area contributed by atoms with Crippen molar-refractivity contribution < 1.29 is 9.59 Å². The van der Waals surface area contributed by atoms with Gasteiger partial charge in [0.05, 0.1) is 0 Å². The maximum atomic E-state index is 12.7. The Kier molecular flexibility index (Phi) is 4.86. The van der Waals surface area contributed by atoms with Crippen molar-refractivity contribution in [1.29, 1.82) is 0 Å². The van der Waals surface area contributed by atoms with E-state index in [0.29, 0.717) is 30.9 Å². The Balaban J connectivity index is 1.56. The predicted molar refractivity (Wildman–Crippen MR) is 114 cm³/mol. The Morgan fingerprint density at radius 2 is 1.79 bits per heavy atom. The summed E-state index contributed by atoms with van der Waals surface area (Å²) in [5, 5.41) is 5.16. The van der Waals surface area contributed by atoms with Gasteiger partial charge in [-0.05, 0) is 59.0 Å². The first-order chi connectivity index (χ1) is 13.5. The van der Waals surface area contributed by atoms with E-state index in [1.165, 1.54) is 0 Å². The summed E-state index contributed by atoms with van der Waals surface area (Å²) in [6, 6.07) is 19.5. The van der Waals surface area contributed by atoms with Gasteiger partial charge in [-0.3, -0.25) is 9.59 Å². The molecule has 1 N–H and O–H groups in total. The first-order valence-corrected chi connectivity index (χ1v) is 9.75. The summed E-state index contributed by atoms with van der Waals surface area (Å²) >= 11 is 0. The number of carbonyl (C=O) groups excluding carboxylic acids is 2. The topological polar surface area (TPSA) is 49.4 Å². The number of carbonyl (C=O) groups is 2. The zero-order valence-corrected chi connectivity index (χ0v) is 16.2. The maximum Gasteiger partial charge on any atom is 0.255 e. The van der Waals surface area contributed by atoms with Crippen molar-refractivity contribution in [1.82, 2.24) is 0 Å². The standard InChI is InChI=1S/C24H24N2O2/c1-16(2)15-26-22-11-10-21(14-19(22)9-12-23(26)27)25-24(28)20-8-7-17-5-3-4-6-18(17)13-20/h3-8,10-11,13-14,16H,9,12,15H2,1-2H3,(H,25,28). The van der Waals surface area contributed by atoms with Gasteiger partial charge in [-0.1, -0.05) is 44.2 Å². The van der Waals surface area contributed by atoms with E-state index in [9.17, 15) is 9.59 Å². The lowest BCUT2D eigenvalue weighted by Gasteiger charge is -2.31. The van der Waals surface area contributed by atoms with E-state index in [1.54, 1.807) is 0 Å². The Morgan fingerprint density at radius 3 is 2.57 bits per heavy atom. The molecular formula is C24H24N2O2. The molecule has 0 unspecified atom stereocenters. The van der Waals surface area contributed by atoms with Crippen LogP contribution in [0.15, 0.2) is 60.7 Å². The molecule has 0 aliphatic carbocycles. The van der Waals surface area contributed by atoms with Gasteiger partial charge in [0.1, 0.15) is 0 Å². The lowest BCUT2D eigenvalue weighted by atomic mass is 9.99. The van der Waals surface area contributed by atoms with Crippen LogP contribution in [0.2, 0.25) is 0 Å². The summed E-state index contributed by atoms with van der Waals surface area (Å²) in [5.74, 6) is 0.452. The van der Waals surface area contributed by atoms with Gasteiger partial charge in [-0.25, -0.2) is 0 Å². The van der Waals surface area contributed by atoms with Crippen molar-refractivity contribution in [3.8, 4) is 0 Å². The van der Waals surface area contributed by atoms with Crippen LogP contribution in [-0.2, 0) is 11.2 Å². The fourth-order valence-electron chi connectivity index (χ4n) is 3.74. The van der Waals surface area contributed by atoms with Crippen LogP contribution in [0.3, 0.4) is 0 Å². The lowest BCUT2D eigenvalue weighted by Crippen LogP contribution is -2.37. The van der Waals surface area contributed by atoms with Crippen molar-refractivity contribution in [2.75, 3.05) is 16.8 Å².